The first-order valence-electron chi connectivity index (χ1n) is 8.27. The van der Waals surface area contributed by atoms with Gasteiger partial charge in [-0.3, -0.25) is 0 Å². The average Bonchev–Trinajstić information content (AvgIpc) is 2.68. The number of hydrogen-bond acceptors (Lipinski definition) is 2. The van der Waals surface area contributed by atoms with E-state index in [9.17, 15) is 0 Å². The number of rotatable bonds is 3. The Balaban J connectivity index is 1.77. The number of fused-ring (bicyclic) bond motifs is 1. The summed E-state index contributed by atoms with van der Waals surface area (Å²) in [6, 6.07) is 22.0. The van der Waals surface area contributed by atoms with Crippen LogP contribution in [0.3, 0.4) is 0 Å². The molecule has 122 valence electrons. The van der Waals surface area contributed by atoms with E-state index in [4.69, 9.17) is 11.6 Å². The Bertz CT molecular complexity index is 836. The maximum absolute atomic E-state index is 6.23. The highest BCUT2D eigenvalue weighted by Crippen LogP contribution is 2.44. The van der Waals surface area contributed by atoms with Crippen molar-refractivity contribution in [3.05, 3.63) is 71.8 Å². The summed E-state index contributed by atoms with van der Waals surface area (Å²) in [5.74, 6) is 3.09. The van der Waals surface area contributed by atoms with E-state index < -0.39 is 0 Å². The average molecular weight is 371 g/mol. The molecule has 1 saturated heterocycles. The van der Waals surface area contributed by atoms with E-state index in [2.05, 4.69) is 84.2 Å². The molecular weight excluding hydrogens is 352 g/mol. The minimum absolute atomic E-state index is 0.538. The molecule has 1 aliphatic rings. The van der Waals surface area contributed by atoms with Gasteiger partial charge >= 0.3 is 0 Å². The third kappa shape index (κ3) is 3.20. The van der Waals surface area contributed by atoms with Gasteiger partial charge in [-0.05, 0) is 51.0 Å². The van der Waals surface area contributed by atoms with Crippen LogP contribution in [0.5, 0.6) is 0 Å². The number of thioether (sulfide) groups is 2. The van der Waals surface area contributed by atoms with Crippen LogP contribution < -0.4 is 0 Å². The van der Waals surface area contributed by atoms with Gasteiger partial charge in [0.2, 0.25) is 0 Å². The fourth-order valence-corrected chi connectivity index (χ4v) is 6.37. The molecule has 0 aliphatic carbocycles. The van der Waals surface area contributed by atoms with E-state index in [1.165, 1.54) is 51.0 Å². The van der Waals surface area contributed by atoms with Crippen molar-refractivity contribution < 1.29 is 0 Å². The zero-order valence-electron chi connectivity index (χ0n) is 13.4. The molecule has 0 spiro atoms. The zero-order valence-corrected chi connectivity index (χ0v) is 15.8. The summed E-state index contributed by atoms with van der Waals surface area (Å²) in [4.78, 5) is 0. The van der Waals surface area contributed by atoms with Gasteiger partial charge in [0, 0.05) is 5.88 Å². The number of benzene rings is 3. The molecule has 0 atom stereocenters. The highest BCUT2D eigenvalue weighted by atomic mass is 35.5. The van der Waals surface area contributed by atoms with Gasteiger partial charge in [-0.25, -0.2) is 0 Å². The lowest BCUT2D eigenvalue weighted by atomic mass is 9.93. The smallest absolute Gasteiger partial charge is 0.0751 e. The molecule has 1 fully saturated rings. The molecule has 0 aromatic heterocycles. The zero-order chi connectivity index (χ0) is 16.4. The summed E-state index contributed by atoms with van der Waals surface area (Å²) in [5, 5.41) is 2.55. The number of halogens is 1. The molecule has 3 aromatic rings. The lowest BCUT2D eigenvalue weighted by molar-refractivity contribution is 1.10. The topological polar surface area (TPSA) is 0 Å². The molecule has 0 N–H and O–H groups in total. The minimum Gasteiger partial charge on any atom is -0.143 e. The first kappa shape index (κ1) is 16.4. The molecule has 3 heteroatoms. The van der Waals surface area contributed by atoms with Gasteiger partial charge in [-0.1, -0.05) is 60.7 Å². The van der Waals surface area contributed by atoms with Crippen molar-refractivity contribution in [2.45, 2.75) is 16.9 Å². The van der Waals surface area contributed by atoms with Crippen LogP contribution in [-0.2, 0) is 5.88 Å². The Morgan fingerprint density at radius 1 is 0.875 bits per heavy atom. The van der Waals surface area contributed by atoms with Gasteiger partial charge in [0.25, 0.3) is 0 Å². The van der Waals surface area contributed by atoms with Crippen LogP contribution in [0.15, 0.2) is 60.7 Å². The summed E-state index contributed by atoms with van der Waals surface area (Å²) in [6.45, 7) is 0. The molecule has 0 nitrogen and oxygen atoms in total. The first-order valence-corrected chi connectivity index (χ1v) is 10.9. The maximum Gasteiger partial charge on any atom is 0.0751 e. The van der Waals surface area contributed by atoms with Crippen LogP contribution in [-0.4, -0.2) is 11.5 Å². The standard InChI is InChI=1S/C21H19ClS2/c22-14-18-11-6-15-4-1-2-5-19(15)20(18)16-7-9-17(10-8-16)21-23-12-3-13-24-21/h1-2,4-11,21H,3,12-14H2. The monoisotopic (exact) mass is 370 g/mol. The number of alkyl halides is 1. The summed E-state index contributed by atoms with van der Waals surface area (Å²) in [5.41, 5.74) is 5.17. The Morgan fingerprint density at radius 2 is 1.62 bits per heavy atom. The Labute approximate surface area is 157 Å². The molecule has 4 rings (SSSR count). The fourth-order valence-electron chi connectivity index (χ4n) is 3.26. The van der Waals surface area contributed by atoms with Gasteiger partial charge in [-0.2, -0.15) is 0 Å². The lowest BCUT2D eigenvalue weighted by Gasteiger charge is -2.21. The fraction of sp³-hybridized carbons (Fsp3) is 0.238. The Morgan fingerprint density at radius 3 is 2.38 bits per heavy atom. The lowest BCUT2D eigenvalue weighted by Crippen LogP contribution is -2.00. The van der Waals surface area contributed by atoms with Crippen LogP contribution in [0.1, 0.15) is 22.1 Å². The molecule has 24 heavy (non-hydrogen) atoms. The third-order valence-corrected chi connectivity index (χ3v) is 7.76. The van der Waals surface area contributed by atoms with Crippen LogP contribution >= 0.6 is 35.1 Å². The van der Waals surface area contributed by atoms with E-state index in [-0.39, 0.29) is 0 Å². The van der Waals surface area contributed by atoms with Crippen LogP contribution in [0.4, 0.5) is 0 Å². The predicted molar refractivity (Wildman–Crippen MR) is 111 cm³/mol. The molecule has 3 aromatic carbocycles. The second kappa shape index (κ2) is 7.43. The van der Waals surface area contributed by atoms with Crippen LogP contribution in [0.25, 0.3) is 21.9 Å². The normalized spacial score (nSPS) is 15.7. The van der Waals surface area contributed by atoms with E-state index in [0.717, 1.165) is 0 Å². The van der Waals surface area contributed by atoms with Crippen molar-refractivity contribution in [2.24, 2.45) is 0 Å². The van der Waals surface area contributed by atoms with E-state index in [1.54, 1.807) is 0 Å². The largest absolute Gasteiger partial charge is 0.143 e. The van der Waals surface area contributed by atoms with E-state index >= 15 is 0 Å². The molecule has 0 unspecified atom stereocenters. The summed E-state index contributed by atoms with van der Waals surface area (Å²) >= 11 is 10.4. The van der Waals surface area contributed by atoms with E-state index in [1.807, 2.05) is 0 Å². The summed E-state index contributed by atoms with van der Waals surface area (Å²) in [6.07, 6.45) is 1.33. The quantitative estimate of drug-likeness (QED) is 0.450. The van der Waals surface area contributed by atoms with Gasteiger partial charge in [-0.15, -0.1) is 35.1 Å². The molecule has 1 aliphatic heterocycles. The molecule has 0 saturated carbocycles. The Hall–Kier alpha value is -1.09. The Kier molecular flexibility index (Phi) is 5.07. The first-order chi connectivity index (χ1) is 11.9. The summed E-state index contributed by atoms with van der Waals surface area (Å²) < 4.78 is 0.591. The van der Waals surface area contributed by atoms with E-state index in [0.29, 0.717) is 10.5 Å². The van der Waals surface area contributed by atoms with Crippen molar-refractivity contribution in [1.82, 2.24) is 0 Å². The van der Waals surface area contributed by atoms with Crippen molar-refractivity contribution in [3.63, 3.8) is 0 Å². The van der Waals surface area contributed by atoms with Gasteiger partial charge in [0.1, 0.15) is 0 Å². The van der Waals surface area contributed by atoms with Crippen molar-refractivity contribution in [1.29, 1.82) is 0 Å². The van der Waals surface area contributed by atoms with Gasteiger partial charge < -0.3 is 0 Å². The predicted octanol–water partition coefficient (Wildman–Crippen LogP) is 7.11. The highest BCUT2D eigenvalue weighted by molar-refractivity contribution is 8.16. The molecule has 0 bridgehead atoms. The second-order valence-electron chi connectivity index (χ2n) is 6.00. The van der Waals surface area contributed by atoms with Gasteiger partial charge in [0.05, 0.1) is 4.58 Å². The SMILES string of the molecule is ClCc1ccc2ccccc2c1-c1ccc(C2SCCCS2)cc1. The van der Waals surface area contributed by atoms with Crippen LogP contribution in [0, 0.1) is 0 Å². The molecule has 0 amide bonds. The minimum atomic E-state index is 0.538. The van der Waals surface area contributed by atoms with Gasteiger partial charge in [0.15, 0.2) is 0 Å². The van der Waals surface area contributed by atoms with Crippen molar-refractivity contribution in [2.75, 3.05) is 11.5 Å². The van der Waals surface area contributed by atoms with Crippen molar-refractivity contribution >= 4 is 45.9 Å². The third-order valence-electron chi connectivity index (χ3n) is 4.46. The van der Waals surface area contributed by atoms with Crippen LogP contribution in [0.2, 0.25) is 0 Å². The molecule has 0 radical (unpaired) electrons. The molecule has 1 heterocycles. The maximum atomic E-state index is 6.23. The highest BCUT2D eigenvalue weighted by Gasteiger charge is 2.17. The number of hydrogen-bond donors (Lipinski definition) is 0. The summed E-state index contributed by atoms with van der Waals surface area (Å²) in [7, 11) is 0. The van der Waals surface area contributed by atoms with Crippen molar-refractivity contribution in [3.8, 4) is 11.1 Å². The molecular formula is C21H19ClS2. The second-order valence-corrected chi connectivity index (χ2v) is 9.00.